The van der Waals surface area contributed by atoms with E-state index >= 15 is 0 Å². The second-order valence-electron chi connectivity index (χ2n) is 4.77. The topological polar surface area (TPSA) is 58.4 Å². The molecule has 1 aliphatic rings. The molecule has 0 saturated carbocycles. The minimum atomic E-state index is -0.973. The zero-order chi connectivity index (χ0) is 13.3. The molecule has 0 aromatic carbocycles. The van der Waals surface area contributed by atoms with Gasteiger partial charge in [-0.1, -0.05) is 0 Å². The molecule has 0 radical (unpaired) electrons. The Labute approximate surface area is 115 Å². The van der Waals surface area contributed by atoms with Gasteiger partial charge in [0.2, 0.25) is 0 Å². The Balaban J connectivity index is 2.39. The van der Waals surface area contributed by atoms with Crippen LogP contribution < -0.4 is 0 Å². The van der Waals surface area contributed by atoms with Crippen LogP contribution in [0.2, 0.25) is 0 Å². The zero-order valence-electron chi connectivity index (χ0n) is 10.7. The average Bonchev–Trinajstić information content (AvgIpc) is 2.66. The fourth-order valence-corrected chi connectivity index (χ4v) is 3.39. The normalized spacial score (nSPS) is 21.2. The third kappa shape index (κ3) is 2.44. The van der Waals surface area contributed by atoms with Crippen molar-refractivity contribution in [2.75, 3.05) is 20.1 Å². The first kappa shape index (κ1) is 13.5. The molecule has 1 fully saturated rings. The van der Waals surface area contributed by atoms with Gasteiger partial charge in [0.1, 0.15) is 0 Å². The van der Waals surface area contributed by atoms with E-state index in [1.54, 1.807) is 0 Å². The summed E-state index contributed by atoms with van der Waals surface area (Å²) in [6, 6.07) is 0. The average molecular weight is 316 g/mol. The van der Waals surface area contributed by atoms with E-state index in [2.05, 4.69) is 33.0 Å². The molecule has 0 bridgehead atoms. The van der Waals surface area contributed by atoms with Gasteiger partial charge < -0.3 is 10.0 Å². The highest BCUT2D eigenvalue weighted by Gasteiger charge is 2.28. The SMILES string of the molecule is CCn1nc(C(=O)O)c(Br)c1C1CCCN(C)C1. The van der Waals surface area contributed by atoms with Crippen molar-refractivity contribution in [1.29, 1.82) is 0 Å². The molecule has 1 aromatic heterocycles. The molecule has 1 atom stereocenters. The number of carboxylic acid groups (broad SMARTS) is 1. The van der Waals surface area contributed by atoms with Gasteiger partial charge >= 0.3 is 5.97 Å². The van der Waals surface area contributed by atoms with Crippen molar-refractivity contribution in [3.8, 4) is 0 Å². The number of aromatic carboxylic acids is 1. The summed E-state index contributed by atoms with van der Waals surface area (Å²) in [6.45, 7) is 4.76. The fraction of sp³-hybridized carbons (Fsp3) is 0.667. The molecule has 1 unspecified atom stereocenters. The summed E-state index contributed by atoms with van der Waals surface area (Å²) in [4.78, 5) is 13.4. The molecule has 2 heterocycles. The highest BCUT2D eigenvalue weighted by Crippen LogP contribution is 2.33. The lowest BCUT2D eigenvalue weighted by Crippen LogP contribution is -2.32. The summed E-state index contributed by atoms with van der Waals surface area (Å²) in [7, 11) is 2.10. The van der Waals surface area contributed by atoms with Crippen LogP contribution >= 0.6 is 15.9 Å². The Morgan fingerprint density at radius 2 is 2.33 bits per heavy atom. The monoisotopic (exact) mass is 315 g/mol. The van der Waals surface area contributed by atoms with E-state index in [4.69, 9.17) is 5.11 Å². The number of likely N-dealkylation sites (tertiary alicyclic amines) is 1. The molecule has 1 aliphatic heterocycles. The Kier molecular flexibility index (Phi) is 4.07. The molecule has 0 amide bonds. The predicted octanol–water partition coefficient (Wildman–Crippen LogP) is 2.17. The van der Waals surface area contributed by atoms with Gasteiger partial charge in [0.15, 0.2) is 5.69 Å². The van der Waals surface area contributed by atoms with Crippen LogP contribution in [0.15, 0.2) is 4.47 Å². The maximum absolute atomic E-state index is 11.1. The largest absolute Gasteiger partial charge is 0.476 e. The molecule has 2 rings (SSSR count). The molecule has 1 aromatic rings. The Hall–Kier alpha value is -0.880. The lowest BCUT2D eigenvalue weighted by Gasteiger charge is -2.30. The standard InChI is InChI=1S/C12H18BrN3O2/c1-3-16-11(8-5-4-6-15(2)7-8)9(13)10(14-16)12(17)18/h8H,3-7H2,1-2H3,(H,17,18). The van der Waals surface area contributed by atoms with Crippen LogP contribution in [-0.4, -0.2) is 45.9 Å². The number of hydrogen-bond acceptors (Lipinski definition) is 3. The summed E-state index contributed by atoms with van der Waals surface area (Å²) in [5, 5.41) is 13.3. The third-order valence-corrected chi connectivity index (χ3v) is 4.23. The summed E-state index contributed by atoms with van der Waals surface area (Å²) in [6.07, 6.45) is 2.23. The maximum atomic E-state index is 11.1. The van der Waals surface area contributed by atoms with Crippen LogP contribution in [0, 0.1) is 0 Å². The van der Waals surface area contributed by atoms with Crippen molar-refractivity contribution < 1.29 is 9.90 Å². The molecular formula is C12H18BrN3O2. The summed E-state index contributed by atoms with van der Waals surface area (Å²) < 4.78 is 2.47. The Morgan fingerprint density at radius 3 is 2.89 bits per heavy atom. The number of nitrogens with zero attached hydrogens (tertiary/aromatic N) is 3. The molecular weight excluding hydrogens is 298 g/mol. The molecule has 1 N–H and O–H groups in total. The molecule has 0 spiro atoms. The number of carboxylic acids is 1. The van der Waals surface area contributed by atoms with Gasteiger partial charge in [-0.25, -0.2) is 4.79 Å². The van der Waals surface area contributed by atoms with Crippen LogP contribution in [0.1, 0.15) is 41.9 Å². The van der Waals surface area contributed by atoms with Gasteiger partial charge in [0.05, 0.1) is 10.2 Å². The fourth-order valence-electron chi connectivity index (χ4n) is 2.61. The number of aryl methyl sites for hydroxylation is 1. The molecule has 0 aliphatic carbocycles. The van der Waals surface area contributed by atoms with Crippen LogP contribution in [0.5, 0.6) is 0 Å². The van der Waals surface area contributed by atoms with E-state index < -0.39 is 5.97 Å². The first-order chi connectivity index (χ1) is 8.54. The second kappa shape index (κ2) is 5.40. The number of aromatic nitrogens is 2. The lowest BCUT2D eigenvalue weighted by molar-refractivity contribution is 0.0688. The van der Waals surface area contributed by atoms with Crippen molar-refractivity contribution in [2.45, 2.75) is 32.2 Å². The van der Waals surface area contributed by atoms with Gasteiger partial charge in [0.25, 0.3) is 0 Å². The van der Waals surface area contributed by atoms with Crippen molar-refractivity contribution in [2.24, 2.45) is 0 Å². The van der Waals surface area contributed by atoms with E-state index in [1.165, 1.54) is 0 Å². The molecule has 5 nitrogen and oxygen atoms in total. The predicted molar refractivity (Wildman–Crippen MR) is 72.0 cm³/mol. The maximum Gasteiger partial charge on any atom is 0.357 e. The van der Waals surface area contributed by atoms with Crippen molar-refractivity contribution in [1.82, 2.24) is 14.7 Å². The number of likely N-dealkylation sites (N-methyl/N-ethyl adjacent to an activating group) is 1. The van der Waals surface area contributed by atoms with Gasteiger partial charge in [-0.15, -0.1) is 0 Å². The smallest absolute Gasteiger partial charge is 0.357 e. The Bertz CT molecular complexity index is 458. The summed E-state index contributed by atoms with van der Waals surface area (Å²) in [5.41, 5.74) is 1.15. The van der Waals surface area contributed by atoms with Gasteiger partial charge in [0, 0.05) is 19.0 Å². The van der Waals surface area contributed by atoms with Crippen molar-refractivity contribution in [3.05, 3.63) is 15.9 Å². The first-order valence-corrected chi connectivity index (χ1v) is 7.02. The molecule has 18 heavy (non-hydrogen) atoms. The van der Waals surface area contributed by atoms with Crippen molar-refractivity contribution in [3.63, 3.8) is 0 Å². The second-order valence-corrected chi connectivity index (χ2v) is 5.56. The minimum absolute atomic E-state index is 0.125. The quantitative estimate of drug-likeness (QED) is 0.928. The lowest BCUT2D eigenvalue weighted by atomic mass is 9.94. The van der Waals surface area contributed by atoms with Crippen LogP contribution in [-0.2, 0) is 6.54 Å². The van der Waals surface area contributed by atoms with E-state index in [1.807, 2.05) is 11.6 Å². The van der Waals surface area contributed by atoms with E-state index in [0.29, 0.717) is 16.9 Å². The minimum Gasteiger partial charge on any atom is -0.476 e. The highest BCUT2D eigenvalue weighted by molar-refractivity contribution is 9.10. The van der Waals surface area contributed by atoms with Gasteiger partial charge in [-0.3, -0.25) is 4.68 Å². The van der Waals surface area contributed by atoms with E-state index in [0.717, 1.165) is 31.6 Å². The summed E-state index contributed by atoms with van der Waals surface area (Å²) in [5.74, 6) is -0.613. The molecule has 1 saturated heterocycles. The molecule has 6 heteroatoms. The number of rotatable bonds is 3. The van der Waals surface area contributed by atoms with Gasteiger partial charge in [-0.05, 0) is 49.3 Å². The van der Waals surface area contributed by atoms with E-state index in [9.17, 15) is 4.79 Å². The molecule has 100 valence electrons. The van der Waals surface area contributed by atoms with Crippen LogP contribution in [0.3, 0.4) is 0 Å². The first-order valence-electron chi connectivity index (χ1n) is 6.22. The van der Waals surface area contributed by atoms with Crippen LogP contribution in [0.25, 0.3) is 0 Å². The number of halogens is 1. The number of hydrogen-bond donors (Lipinski definition) is 1. The van der Waals surface area contributed by atoms with E-state index in [-0.39, 0.29) is 5.69 Å². The highest BCUT2D eigenvalue weighted by atomic mass is 79.9. The van der Waals surface area contributed by atoms with Crippen molar-refractivity contribution >= 4 is 21.9 Å². The number of carbonyl (C=O) groups is 1. The third-order valence-electron chi connectivity index (χ3n) is 3.44. The Morgan fingerprint density at radius 1 is 1.61 bits per heavy atom. The van der Waals surface area contributed by atoms with Gasteiger partial charge in [-0.2, -0.15) is 5.10 Å². The number of piperidine rings is 1. The zero-order valence-corrected chi connectivity index (χ0v) is 12.3. The summed E-state index contributed by atoms with van der Waals surface area (Å²) >= 11 is 3.42. The van der Waals surface area contributed by atoms with Crippen LogP contribution in [0.4, 0.5) is 0 Å².